The number of nitrogens with zero attached hydrogens (tertiary/aromatic N) is 6. The number of rotatable bonds is 8. The molecule has 5 rings (SSSR count). The monoisotopic (exact) mass is 521 g/mol. The highest BCUT2D eigenvalue weighted by Crippen LogP contribution is 2.35. The normalized spacial score (nSPS) is 13.6. The van der Waals surface area contributed by atoms with Gasteiger partial charge < -0.3 is 19.3 Å². The lowest BCUT2D eigenvalue weighted by molar-refractivity contribution is 0.0705. The second-order valence-electron chi connectivity index (χ2n) is 8.60. The highest BCUT2D eigenvalue weighted by atomic mass is 32.1. The third-order valence-electron chi connectivity index (χ3n) is 5.95. The first-order valence-corrected chi connectivity index (χ1v) is 12.6. The second kappa shape index (κ2) is 11.1. The molecule has 0 bridgehead atoms. The summed E-state index contributed by atoms with van der Waals surface area (Å²) < 4.78 is 11.9. The zero-order chi connectivity index (χ0) is 25.8. The van der Waals surface area contributed by atoms with Crippen LogP contribution in [-0.4, -0.2) is 71.5 Å². The van der Waals surface area contributed by atoms with Crippen LogP contribution in [0.2, 0.25) is 0 Å². The SMILES string of the molecule is COCc1cccc(-c2nc(N3CCOCC3)c3sc(CN(C)c4ncc(C(=O)NO)cn4)cc3n2)c1. The number of thiophene rings is 1. The summed E-state index contributed by atoms with van der Waals surface area (Å²) in [5.74, 6) is 1.39. The molecule has 0 spiro atoms. The molecule has 4 aromatic rings. The van der Waals surface area contributed by atoms with E-state index in [0.717, 1.165) is 45.1 Å². The van der Waals surface area contributed by atoms with Gasteiger partial charge in [-0.1, -0.05) is 18.2 Å². The highest BCUT2D eigenvalue weighted by Gasteiger charge is 2.21. The van der Waals surface area contributed by atoms with Crippen molar-refractivity contribution in [3.05, 3.63) is 58.7 Å². The highest BCUT2D eigenvalue weighted by molar-refractivity contribution is 7.19. The summed E-state index contributed by atoms with van der Waals surface area (Å²) in [4.78, 5) is 35.2. The van der Waals surface area contributed by atoms with Gasteiger partial charge in [-0.05, 0) is 17.7 Å². The molecule has 0 aliphatic carbocycles. The molecule has 3 aromatic heterocycles. The van der Waals surface area contributed by atoms with Gasteiger partial charge in [-0.2, -0.15) is 0 Å². The van der Waals surface area contributed by atoms with Crippen LogP contribution in [0.3, 0.4) is 0 Å². The number of carbonyl (C=O) groups excluding carboxylic acids is 1. The van der Waals surface area contributed by atoms with Crippen LogP contribution < -0.4 is 15.3 Å². The predicted octanol–water partition coefficient (Wildman–Crippen LogP) is 2.89. The topological polar surface area (TPSA) is 126 Å². The van der Waals surface area contributed by atoms with Gasteiger partial charge in [0.2, 0.25) is 5.95 Å². The number of morpholine rings is 1. The van der Waals surface area contributed by atoms with Gasteiger partial charge in [-0.15, -0.1) is 11.3 Å². The number of ether oxygens (including phenoxy) is 2. The van der Waals surface area contributed by atoms with Gasteiger partial charge in [-0.25, -0.2) is 25.4 Å². The molecule has 37 heavy (non-hydrogen) atoms. The molecule has 2 N–H and O–H groups in total. The van der Waals surface area contributed by atoms with E-state index in [2.05, 4.69) is 27.0 Å². The van der Waals surface area contributed by atoms with Gasteiger partial charge in [0.25, 0.3) is 5.91 Å². The lowest BCUT2D eigenvalue weighted by Gasteiger charge is -2.28. The number of anilines is 2. The maximum absolute atomic E-state index is 11.5. The molecule has 12 heteroatoms. The number of aromatic nitrogens is 4. The molecule has 4 heterocycles. The standard InChI is InChI=1S/C25H27N7O4S/c1-31(25-26-12-18(13-27-25)24(33)30-34)14-19-11-20-21(37-19)23(32-6-8-36-9-7-32)29-22(28-20)17-5-3-4-16(10-17)15-35-2/h3-5,10-13,34H,6-9,14-15H2,1-2H3,(H,30,33). The minimum atomic E-state index is -0.656. The molecule has 11 nitrogen and oxygen atoms in total. The zero-order valence-corrected chi connectivity index (χ0v) is 21.4. The largest absolute Gasteiger partial charge is 0.380 e. The fraction of sp³-hybridized carbons (Fsp3) is 0.320. The number of amides is 1. The molecule has 1 aromatic carbocycles. The van der Waals surface area contributed by atoms with E-state index in [4.69, 9.17) is 24.6 Å². The number of hydroxylamine groups is 1. The zero-order valence-electron chi connectivity index (χ0n) is 20.5. The summed E-state index contributed by atoms with van der Waals surface area (Å²) in [6, 6.07) is 10.2. The number of benzene rings is 1. The van der Waals surface area contributed by atoms with Crippen molar-refractivity contribution in [1.29, 1.82) is 0 Å². The Labute approximate surface area is 217 Å². The van der Waals surface area contributed by atoms with Crippen LogP contribution in [0.25, 0.3) is 21.6 Å². The average molecular weight is 522 g/mol. The van der Waals surface area contributed by atoms with Crippen LogP contribution in [0.5, 0.6) is 0 Å². The first-order valence-electron chi connectivity index (χ1n) is 11.7. The summed E-state index contributed by atoms with van der Waals surface area (Å²) in [7, 11) is 3.56. The number of fused-ring (bicyclic) bond motifs is 1. The van der Waals surface area contributed by atoms with Gasteiger partial charge in [-0.3, -0.25) is 10.0 Å². The number of hydrogen-bond acceptors (Lipinski definition) is 11. The summed E-state index contributed by atoms with van der Waals surface area (Å²) in [5.41, 5.74) is 4.64. The first-order chi connectivity index (χ1) is 18.1. The Hall–Kier alpha value is -3.71. The van der Waals surface area contributed by atoms with E-state index < -0.39 is 5.91 Å². The van der Waals surface area contributed by atoms with E-state index in [1.807, 2.05) is 30.1 Å². The van der Waals surface area contributed by atoms with Gasteiger partial charge in [0, 0.05) is 50.1 Å². The minimum Gasteiger partial charge on any atom is -0.380 e. The smallest absolute Gasteiger partial charge is 0.277 e. The van der Waals surface area contributed by atoms with E-state index in [-0.39, 0.29) is 5.56 Å². The summed E-state index contributed by atoms with van der Waals surface area (Å²) in [6.45, 7) is 3.93. The number of nitrogens with one attached hydrogen (secondary N) is 1. The van der Waals surface area contributed by atoms with Crippen molar-refractivity contribution in [3.63, 3.8) is 0 Å². The van der Waals surface area contributed by atoms with Crippen LogP contribution in [0, 0.1) is 0 Å². The molecule has 1 aliphatic heterocycles. The second-order valence-corrected chi connectivity index (χ2v) is 9.74. The molecule has 0 atom stereocenters. The molecule has 1 saturated heterocycles. The van der Waals surface area contributed by atoms with E-state index in [9.17, 15) is 4.79 Å². The van der Waals surface area contributed by atoms with E-state index in [0.29, 0.717) is 38.1 Å². The van der Waals surface area contributed by atoms with E-state index in [1.165, 1.54) is 12.4 Å². The van der Waals surface area contributed by atoms with Gasteiger partial charge in [0.1, 0.15) is 0 Å². The molecular weight excluding hydrogens is 494 g/mol. The van der Waals surface area contributed by atoms with Crippen molar-refractivity contribution in [2.75, 3.05) is 50.3 Å². The van der Waals surface area contributed by atoms with Crippen molar-refractivity contribution in [2.24, 2.45) is 0 Å². The summed E-state index contributed by atoms with van der Waals surface area (Å²) in [5, 5.41) is 8.79. The molecule has 0 saturated carbocycles. The van der Waals surface area contributed by atoms with Crippen molar-refractivity contribution in [2.45, 2.75) is 13.2 Å². The van der Waals surface area contributed by atoms with Crippen molar-refractivity contribution < 1.29 is 19.5 Å². The van der Waals surface area contributed by atoms with Crippen LogP contribution >= 0.6 is 11.3 Å². The molecule has 1 aliphatic rings. The predicted molar refractivity (Wildman–Crippen MR) is 140 cm³/mol. The first kappa shape index (κ1) is 25.0. The van der Waals surface area contributed by atoms with E-state index >= 15 is 0 Å². The van der Waals surface area contributed by atoms with E-state index in [1.54, 1.807) is 23.9 Å². The number of carbonyl (C=O) groups is 1. The van der Waals surface area contributed by atoms with Gasteiger partial charge in [0.05, 0.1) is 42.1 Å². The molecule has 192 valence electrons. The fourth-order valence-corrected chi connectivity index (χ4v) is 5.30. The number of hydrogen-bond donors (Lipinski definition) is 2. The van der Waals surface area contributed by atoms with Gasteiger partial charge >= 0.3 is 0 Å². The van der Waals surface area contributed by atoms with Crippen LogP contribution in [0.15, 0.2) is 42.7 Å². The average Bonchev–Trinajstić information content (AvgIpc) is 3.35. The summed E-state index contributed by atoms with van der Waals surface area (Å²) >= 11 is 1.65. The Morgan fingerprint density at radius 2 is 2.00 bits per heavy atom. The lowest BCUT2D eigenvalue weighted by Crippen LogP contribution is -2.36. The quantitative estimate of drug-likeness (QED) is 0.264. The Morgan fingerprint density at radius 1 is 1.22 bits per heavy atom. The van der Waals surface area contributed by atoms with Crippen LogP contribution in [0.4, 0.5) is 11.8 Å². The van der Waals surface area contributed by atoms with Crippen molar-refractivity contribution >= 4 is 39.2 Å². The maximum Gasteiger partial charge on any atom is 0.277 e. The molecule has 1 fully saturated rings. The fourth-order valence-electron chi connectivity index (χ4n) is 4.13. The summed E-state index contributed by atoms with van der Waals surface area (Å²) in [6.07, 6.45) is 2.75. The van der Waals surface area contributed by atoms with Crippen LogP contribution in [-0.2, 0) is 22.6 Å². The third-order valence-corrected chi connectivity index (χ3v) is 7.05. The van der Waals surface area contributed by atoms with Gasteiger partial charge in [0.15, 0.2) is 11.6 Å². The molecular formula is C25H27N7O4S. The molecule has 1 amide bonds. The van der Waals surface area contributed by atoms with Crippen molar-refractivity contribution in [1.82, 2.24) is 25.4 Å². The Balaban J connectivity index is 1.48. The minimum absolute atomic E-state index is 0.175. The van der Waals surface area contributed by atoms with Crippen molar-refractivity contribution in [3.8, 4) is 11.4 Å². The maximum atomic E-state index is 11.5. The Bertz CT molecular complexity index is 1390. The Morgan fingerprint density at radius 3 is 2.73 bits per heavy atom. The number of methoxy groups -OCH3 is 1. The van der Waals surface area contributed by atoms with Crippen LogP contribution in [0.1, 0.15) is 20.8 Å². The lowest BCUT2D eigenvalue weighted by atomic mass is 10.1. The third kappa shape index (κ3) is 5.52. The molecule has 0 radical (unpaired) electrons. The Kier molecular flexibility index (Phi) is 7.51. The molecule has 0 unspecified atom stereocenters.